The number of carboxylic acids is 1. The number of carbonyl (C=O) groups is 3. The lowest BCUT2D eigenvalue weighted by atomic mass is 9.79. The van der Waals surface area contributed by atoms with Crippen molar-refractivity contribution in [2.24, 2.45) is 5.41 Å². The third-order valence-electron chi connectivity index (χ3n) is 4.10. The fourth-order valence-corrected chi connectivity index (χ4v) is 2.94. The Labute approximate surface area is 125 Å². The van der Waals surface area contributed by atoms with E-state index in [0.29, 0.717) is 6.54 Å². The zero-order valence-electron chi connectivity index (χ0n) is 13.0. The molecule has 0 radical (unpaired) electrons. The highest BCUT2D eigenvalue weighted by molar-refractivity contribution is 5.85. The number of hydrogen-bond donors (Lipinski definition) is 2. The standard InChI is InChI=1S/C15H26N2O4/c1-3-8-16-12(18)11-17(2)13(19)9-15(10-14(20)21)6-4-5-7-15/h3-11H2,1-2H3,(H,16,18)(H,20,21). The molecule has 0 spiro atoms. The molecule has 120 valence electrons. The van der Waals surface area contributed by atoms with E-state index in [0.717, 1.165) is 32.1 Å². The van der Waals surface area contributed by atoms with E-state index >= 15 is 0 Å². The molecule has 21 heavy (non-hydrogen) atoms. The molecule has 1 rings (SSSR count). The molecule has 2 N–H and O–H groups in total. The fourth-order valence-electron chi connectivity index (χ4n) is 2.94. The second kappa shape index (κ2) is 8.00. The van der Waals surface area contributed by atoms with Crippen LogP contribution in [0, 0.1) is 5.41 Å². The van der Waals surface area contributed by atoms with Crippen molar-refractivity contribution < 1.29 is 19.5 Å². The molecule has 0 unspecified atom stereocenters. The van der Waals surface area contributed by atoms with E-state index in [-0.39, 0.29) is 31.2 Å². The molecule has 0 aromatic rings. The van der Waals surface area contributed by atoms with E-state index in [4.69, 9.17) is 5.11 Å². The number of nitrogens with zero attached hydrogens (tertiary/aromatic N) is 1. The van der Waals surface area contributed by atoms with Crippen molar-refractivity contribution >= 4 is 17.8 Å². The van der Waals surface area contributed by atoms with Crippen LogP contribution in [-0.4, -0.2) is 47.9 Å². The summed E-state index contributed by atoms with van der Waals surface area (Å²) in [6.45, 7) is 2.59. The van der Waals surface area contributed by atoms with Gasteiger partial charge in [0.15, 0.2) is 0 Å². The molecule has 0 heterocycles. The van der Waals surface area contributed by atoms with Crippen molar-refractivity contribution in [2.75, 3.05) is 20.1 Å². The van der Waals surface area contributed by atoms with E-state index in [1.807, 2.05) is 6.92 Å². The predicted octanol–water partition coefficient (Wildman–Crippen LogP) is 1.40. The summed E-state index contributed by atoms with van der Waals surface area (Å²) in [5.41, 5.74) is -0.420. The Kier molecular flexibility index (Phi) is 6.65. The number of likely N-dealkylation sites (N-methyl/N-ethyl adjacent to an activating group) is 1. The molecular formula is C15H26N2O4. The number of rotatable bonds is 8. The van der Waals surface area contributed by atoms with Crippen LogP contribution in [-0.2, 0) is 14.4 Å². The van der Waals surface area contributed by atoms with Gasteiger partial charge >= 0.3 is 5.97 Å². The second-order valence-corrected chi connectivity index (χ2v) is 6.05. The molecule has 2 amide bonds. The van der Waals surface area contributed by atoms with E-state index in [9.17, 15) is 14.4 Å². The number of nitrogens with one attached hydrogen (secondary N) is 1. The topological polar surface area (TPSA) is 86.7 Å². The van der Waals surface area contributed by atoms with Crippen LogP contribution < -0.4 is 5.32 Å². The Balaban J connectivity index is 2.53. The van der Waals surface area contributed by atoms with Crippen LogP contribution in [0.15, 0.2) is 0 Å². The Morgan fingerprint density at radius 1 is 1.19 bits per heavy atom. The van der Waals surface area contributed by atoms with Gasteiger partial charge in [-0.1, -0.05) is 19.8 Å². The minimum Gasteiger partial charge on any atom is -0.481 e. The summed E-state index contributed by atoms with van der Waals surface area (Å²) in [5, 5.41) is 11.8. The van der Waals surface area contributed by atoms with Crippen LogP contribution in [0.1, 0.15) is 51.9 Å². The second-order valence-electron chi connectivity index (χ2n) is 6.05. The number of carboxylic acid groups (broad SMARTS) is 1. The monoisotopic (exact) mass is 298 g/mol. The van der Waals surface area contributed by atoms with Gasteiger partial charge in [0.1, 0.15) is 0 Å². The minimum absolute atomic E-state index is 0.0297. The first-order chi connectivity index (χ1) is 9.88. The summed E-state index contributed by atoms with van der Waals surface area (Å²) in [4.78, 5) is 36.3. The lowest BCUT2D eigenvalue weighted by Gasteiger charge is -2.28. The first-order valence-electron chi connectivity index (χ1n) is 7.61. The summed E-state index contributed by atoms with van der Waals surface area (Å²) in [6, 6.07) is 0. The van der Waals surface area contributed by atoms with E-state index in [1.165, 1.54) is 4.90 Å². The molecule has 6 heteroatoms. The van der Waals surface area contributed by atoms with E-state index < -0.39 is 11.4 Å². The third-order valence-corrected chi connectivity index (χ3v) is 4.10. The highest BCUT2D eigenvalue weighted by Gasteiger charge is 2.38. The van der Waals surface area contributed by atoms with Crippen LogP contribution in [0.5, 0.6) is 0 Å². The number of aliphatic carboxylic acids is 1. The largest absolute Gasteiger partial charge is 0.481 e. The first-order valence-corrected chi connectivity index (χ1v) is 7.61. The Morgan fingerprint density at radius 3 is 2.33 bits per heavy atom. The molecule has 1 fully saturated rings. The highest BCUT2D eigenvalue weighted by Crippen LogP contribution is 2.44. The predicted molar refractivity (Wildman–Crippen MR) is 78.7 cm³/mol. The quantitative estimate of drug-likeness (QED) is 0.709. The summed E-state index contributed by atoms with van der Waals surface area (Å²) >= 11 is 0. The van der Waals surface area contributed by atoms with E-state index in [1.54, 1.807) is 7.05 Å². The molecule has 6 nitrogen and oxygen atoms in total. The third kappa shape index (κ3) is 5.73. The average Bonchev–Trinajstić information content (AvgIpc) is 2.83. The van der Waals surface area contributed by atoms with Crippen molar-refractivity contribution in [3.05, 3.63) is 0 Å². The summed E-state index contributed by atoms with van der Waals surface area (Å²) < 4.78 is 0. The fraction of sp³-hybridized carbons (Fsp3) is 0.800. The Hall–Kier alpha value is -1.59. The smallest absolute Gasteiger partial charge is 0.303 e. The maximum atomic E-state index is 12.2. The van der Waals surface area contributed by atoms with Gasteiger partial charge in [0.25, 0.3) is 0 Å². The van der Waals surface area contributed by atoms with Crippen LogP contribution in [0.2, 0.25) is 0 Å². The van der Waals surface area contributed by atoms with Gasteiger partial charge in [-0.3, -0.25) is 14.4 Å². The van der Waals surface area contributed by atoms with Gasteiger partial charge in [-0.05, 0) is 24.7 Å². The molecule has 1 aliphatic carbocycles. The summed E-state index contributed by atoms with van der Waals surface area (Å²) in [7, 11) is 1.59. The van der Waals surface area contributed by atoms with Crippen molar-refractivity contribution in [3.63, 3.8) is 0 Å². The molecule has 0 bridgehead atoms. The SMILES string of the molecule is CCCNC(=O)CN(C)C(=O)CC1(CC(=O)O)CCCC1. The van der Waals surface area contributed by atoms with Crippen molar-refractivity contribution in [1.29, 1.82) is 0 Å². The molecule has 0 saturated heterocycles. The number of hydrogen-bond acceptors (Lipinski definition) is 3. The molecule has 1 aliphatic rings. The summed E-state index contributed by atoms with van der Waals surface area (Å²) in [6.07, 6.45) is 4.61. The minimum atomic E-state index is -0.854. The van der Waals surface area contributed by atoms with E-state index in [2.05, 4.69) is 5.32 Å². The molecule has 0 aromatic heterocycles. The van der Waals surface area contributed by atoms with Crippen LogP contribution in [0.3, 0.4) is 0 Å². The molecule has 1 saturated carbocycles. The maximum Gasteiger partial charge on any atom is 0.303 e. The van der Waals surface area contributed by atoms with Gasteiger partial charge in [0.05, 0.1) is 13.0 Å². The zero-order chi connectivity index (χ0) is 15.9. The van der Waals surface area contributed by atoms with Gasteiger partial charge in [0, 0.05) is 20.0 Å². The molecule has 0 aliphatic heterocycles. The van der Waals surface area contributed by atoms with Crippen LogP contribution in [0.25, 0.3) is 0 Å². The Bertz CT molecular complexity index is 389. The van der Waals surface area contributed by atoms with Gasteiger partial charge in [-0.25, -0.2) is 0 Å². The number of amides is 2. The first kappa shape index (κ1) is 17.5. The number of carbonyl (C=O) groups excluding carboxylic acids is 2. The molecular weight excluding hydrogens is 272 g/mol. The highest BCUT2D eigenvalue weighted by atomic mass is 16.4. The zero-order valence-corrected chi connectivity index (χ0v) is 13.0. The van der Waals surface area contributed by atoms with Gasteiger partial charge in [0.2, 0.25) is 11.8 Å². The summed E-state index contributed by atoms with van der Waals surface area (Å²) in [5.74, 6) is -1.18. The molecule has 0 aromatic carbocycles. The lowest BCUT2D eigenvalue weighted by Crippen LogP contribution is -2.40. The Morgan fingerprint density at radius 2 is 1.81 bits per heavy atom. The average molecular weight is 298 g/mol. The van der Waals surface area contributed by atoms with Crippen molar-refractivity contribution in [2.45, 2.75) is 51.9 Å². The van der Waals surface area contributed by atoms with Crippen molar-refractivity contribution in [1.82, 2.24) is 10.2 Å². The van der Waals surface area contributed by atoms with Gasteiger partial charge in [-0.2, -0.15) is 0 Å². The maximum absolute atomic E-state index is 12.2. The lowest BCUT2D eigenvalue weighted by molar-refractivity contribution is -0.142. The van der Waals surface area contributed by atoms with Crippen LogP contribution >= 0.6 is 0 Å². The molecule has 0 atom stereocenters. The van der Waals surface area contributed by atoms with Crippen LogP contribution in [0.4, 0.5) is 0 Å². The van der Waals surface area contributed by atoms with Gasteiger partial charge < -0.3 is 15.3 Å². The normalized spacial score (nSPS) is 16.5. The van der Waals surface area contributed by atoms with Gasteiger partial charge in [-0.15, -0.1) is 0 Å². The van der Waals surface area contributed by atoms with Crippen molar-refractivity contribution in [3.8, 4) is 0 Å².